The molecule has 1 unspecified atom stereocenters. The monoisotopic (exact) mass is 505 g/mol. The number of hydrogen-bond acceptors (Lipinski definition) is 5. The molecule has 1 N–H and O–H groups in total. The number of benzene rings is 4. The highest BCUT2D eigenvalue weighted by Gasteiger charge is 2.46. The van der Waals surface area contributed by atoms with Crippen molar-refractivity contribution >= 4 is 17.4 Å². The number of aliphatic hydroxyl groups excluding tert-OH is 1. The molecule has 1 saturated heterocycles. The summed E-state index contributed by atoms with van der Waals surface area (Å²) in [5, 5.41) is 11.4. The van der Waals surface area contributed by atoms with Crippen LogP contribution in [-0.2, 0) is 16.0 Å². The van der Waals surface area contributed by atoms with Crippen LogP contribution in [0.1, 0.15) is 22.7 Å². The molecule has 0 bridgehead atoms. The van der Waals surface area contributed by atoms with Crippen molar-refractivity contribution in [1.82, 2.24) is 4.90 Å². The minimum Gasteiger partial charge on any atom is -0.507 e. The number of para-hydroxylation sites is 1. The third-order valence-corrected chi connectivity index (χ3v) is 6.52. The van der Waals surface area contributed by atoms with Crippen molar-refractivity contribution in [3.05, 3.63) is 131 Å². The van der Waals surface area contributed by atoms with Crippen molar-refractivity contribution in [2.24, 2.45) is 0 Å². The van der Waals surface area contributed by atoms with Crippen LogP contribution in [-0.4, -0.2) is 35.4 Å². The highest BCUT2D eigenvalue weighted by Crippen LogP contribution is 2.41. The van der Waals surface area contributed by atoms with Gasteiger partial charge in [-0.15, -0.1) is 0 Å². The quantitative estimate of drug-likeness (QED) is 0.177. The SMILES string of the molecule is COc1cccc(/C(O)=C2\C(=O)C(=O)N(CCc3ccccc3)C2c2cccc(Oc3ccccc3)c2)c1. The molecule has 4 aromatic carbocycles. The summed E-state index contributed by atoms with van der Waals surface area (Å²) in [5.74, 6) is 0.136. The van der Waals surface area contributed by atoms with Gasteiger partial charge in [0.15, 0.2) is 0 Å². The molecule has 5 rings (SSSR count). The van der Waals surface area contributed by atoms with Crippen molar-refractivity contribution in [3.63, 3.8) is 0 Å². The summed E-state index contributed by atoms with van der Waals surface area (Å²) in [4.78, 5) is 28.2. The lowest BCUT2D eigenvalue weighted by Gasteiger charge is -2.26. The Morgan fingerprint density at radius 3 is 2.18 bits per heavy atom. The maximum absolute atomic E-state index is 13.4. The van der Waals surface area contributed by atoms with E-state index in [4.69, 9.17) is 9.47 Å². The summed E-state index contributed by atoms with van der Waals surface area (Å²) < 4.78 is 11.3. The number of Topliss-reactive ketones (excluding diaryl/α,β-unsaturated/α-hetero) is 1. The number of ether oxygens (including phenoxy) is 2. The Labute approximate surface area is 221 Å². The maximum atomic E-state index is 13.4. The topological polar surface area (TPSA) is 76.1 Å². The smallest absolute Gasteiger partial charge is 0.295 e. The Bertz CT molecular complexity index is 1480. The van der Waals surface area contributed by atoms with Gasteiger partial charge in [-0.25, -0.2) is 0 Å². The zero-order chi connectivity index (χ0) is 26.5. The van der Waals surface area contributed by atoms with E-state index in [1.807, 2.05) is 78.9 Å². The van der Waals surface area contributed by atoms with E-state index in [0.717, 1.165) is 5.56 Å². The van der Waals surface area contributed by atoms with E-state index < -0.39 is 17.7 Å². The summed E-state index contributed by atoms with van der Waals surface area (Å²) in [7, 11) is 1.53. The number of aliphatic hydroxyl groups is 1. The molecule has 1 aliphatic heterocycles. The first-order valence-corrected chi connectivity index (χ1v) is 12.3. The fourth-order valence-corrected chi connectivity index (χ4v) is 4.65. The van der Waals surface area contributed by atoms with Crippen molar-refractivity contribution < 1.29 is 24.2 Å². The Hall–Kier alpha value is -4.84. The summed E-state index contributed by atoms with van der Waals surface area (Å²) in [5.41, 5.74) is 2.14. The third-order valence-electron chi connectivity index (χ3n) is 6.52. The number of hydrogen-bond donors (Lipinski definition) is 1. The van der Waals surface area contributed by atoms with Crippen LogP contribution in [0.3, 0.4) is 0 Å². The number of likely N-dealkylation sites (tertiary alicyclic amines) is 1. The molecule has 6 nitrogen and oxygen atoms in total. The normalized spacial score (nSPS) is 16.4. The van der Waals surface area contributed by atoms with Gasteiger partial charge in [0, 0.05) is 12.1 Å². The van der Waals surface area contributed by atoms with Gasteiger partial charge < -0.3 is 19.5 Å². The lowest BCUT2D eigenvalue weighted by molar-refractivity contribution is -0.139. The molecular weight excluding hydrogens is 478 g/mol. The molecule has 1 heterocycles. The zero-order valence-electron chi connectivity index (χ0n) is 20.9. The Balaban J connectivity index is 1.58. The number of rotatable bonds is 8. The van der Waals surface area contributed by atoms with E-state index in [0.29, 0.717) is 41.3 Å². The van der Waals surface area contributed by atoms with Crippen molar-refractivity contribution in [2.75, 3.05) is 13.7 Å². The molecule has 190 valence electrons. The Kier molecular flexibility index (Phi) is 7.22. The number of nitrogens with zero attached hydrogens (tertiary/aromatic N) is 1. The third kappa shape index (κ3) is 5.15. The second kappa shape index (κ2) is 11.0. The van der Waals surface area contributed by atoms with Crippen LogP contribution in [0.15, 0.2) is 115 Å². The Morgan fingerprint density at radius 1 is 0.789 bits per heavy atom. The standard InChI is InChI=1S/C32H27NO5/c1-37-26-16-9-13-24(21-26)30(34)28-29(23-12-8-17-27(20-23)38-25-14-6-3-7-15-25)33(32(36)31(28)35)19-18-22-10-4-2-5-11-22/h2-17,20-21,29,34H,18-19H2,1H3/b30-28+. The largest absolute Gasteiger partial charge is 0.507 e. The van der Waals surface area contributed by atoms with Gasteiger partial charge in [0.2, 0.25) is 0 Å². The highest BCUT2D eigenvalue weighted by molar-refractivity contribution is 6.46. The molecule has 1 atom stereocenters. The maximum Gasteiger partial charge on any atom is 0.295 e. The van der Waals surface area contributed by atoms with Crippen molar-refractivity contribution in [1.29, 1.82) is 0 Å². The molecule has 0 aromatic heterocycles. The van der Waals surface area contributed by atoms with Gasteiger partial charge in [-0.1, -0.05) is 72.8 Å². The summed E-state index contributed by atoms with van der Waals surface area (Å²) in [6.07, 6.45) is 0.559. The number of carbonyl (C=O) groups is 2. The van der Waals surface area contributed by atoms with Crippen LogP contribution in [0.2, 0.25) is 0 Å². The number of carbonyl (C=O) groups excluding carboxylic acids is 2. The van der Waals surface area contributed by atoms with Crippen LogP contribution in [0.5, 0.6) is 17.2 Å². The molecule has 1 amide bonds. The fraction of sp³-hybridized carbons (Fsp3) is 0.125. The lowest BCUT2D eigenvalue weighted by atomic mass is 9.95. The van der Waals surface area contributed by atoms with E-state index in [1.54, 1.807) is 30.3 Å². The van der Waals surface area contributed by atoms with E-state index in [-0.39, 0.29) is 11.3 Å². The van der Waals surface area contributed by atoms with E-state index in [2.05, 4.69) is 0 Å². The average molecular weight is 506 g/mol. The molecule has 38 heavy (non-hydrogen) atoms. The van der Waals surface area contributed by atoms with Crippen LogP contribution < -0.4 is 9.47 Å². The number of ketones is 1. The first kappa shape index (κ1) is 24.8. The second-order valence-corrected chi connectivity index (χ2v) is 8.95. The average Bonchev–Trinajstić information content (AvgIpc) is 3.22. The first-order chi connectivity index (χ1) is 18.5. The van der Waals surface area contributed by atoms with Gasteiger partial charge in [-0.3, -0.25) is 9.59 Å². The molecule has 1 fully saturated rings. The molecule has 0 saturated carbocycles. The van der Waals surface area contributed by atoms with E-state index in [9.17, 15) is 14.7 Å². The van der Waals surface area contributed by atoms with E-state index >= 15 is 0 Å². The molecule has 0 radical (unpaired) electrons. The van der Waals surface area contributed by atoms with Crippen molar-refractivity contribution in [2.45, 2.75) is 12.5 Å². The Morgan fingerprint density at radius 2 is 1.45 bits per heavy atom. The molecule has 1 aliphatic rings. The predicted molar refractivity (Wildman–Crippen MR) is 145 cm³/mol. The van der Waals surface area contributed by atoms with E-state index in [1.165, 1.54) is 12.0 Å². The van der Waals surface area contributed by atoms with Gasteiger partial charge in [-0.05, 0) is 53.9 Å². The second-order valence-electron chi connectivity index (χ2n) is 8.95. The minimum atomic E-state index is -0.788. The predicted octanol–water partition coefficient (Wildman–Crippen LogP) is 6.15. The van der Waals surface area contributed by atoms with Gasteiger partial charge in [0.05, 0.1) is 18.7 Å². The van der Waals surface area contributed by atoms with Crippen LogP contribution >= 0.6 is 0 Å². The van der Waals surface area contributed by atoms with Crippen LogP contribution in [0.25, 0.3) is 5.76 Å². The lowest BCUT2D eigenvalue weighted by Crippen LogP contribution is -2.31. The zero-order valence-corrected chi connectivity index (χ0v) is 20.9. The number of methoxy groups -OCH3 is 1. The molecular formula is C32H27NO5. The van der Waals surface area contributed by atoms with Crippen LogP contribution in [0.4, 0.5) is 0 Å². The summed E-state index contributed by atoms with van der Waals surface area (Å²) in [6, 6.07) is 32.4. The van der Waals surface area contributed by atoms with Crippen molar-refractivity contribution in [3.8, 4) is 17.2 Å². The van der Waals surface area contributed by atoms with Gasteiger partial charge in [0.25, 0.3) is 11.7 Å². The number of amides is 1. The fourth-order valence-electron chi connectivity index (χ4n) is 4.65. The molecule has 0 aliphatic carbocycles. The molecule has 6 heteroatoms. The highest BCUT2D eigenvalue weighted by atomic mass is 16.5. The first-order valence-electron chi connectivity index (χ1n) is 12.3. The summed E-state index contributed by atoms with van der Waals surface area (Å²) >= 11 is 0. The van der Waals surface area contributed by atoms with Gasteiger partial charge >= 0.3 is 0 Å². The molecule has 4 aromatic rings. The van der Waals surface area contributed by atoms with Gasteiger partial charge in [-0.2, -0.15) is 0 Å². The van der Waals surface area contributed by atoms with Gasteiger partial charge in [0.1, 0.15) is 23.0 Å². The minimum absolute atomic E-state index is 0.0353. The summed E-state index contributed by atoms with van der Waals surface area (Å²) in [6.45, 7) is 0.303. The molecule has 0 spiro atoms. The van der Waals surface area contributed by atoms with Crippen LogP contribution in [0, 0.1) is 0 Å².